The third kappa shape index (κ3) is 5.84. The van der Waals surface area contributed by atoms with E-state index >= 15 is 0 Å². The number of piperidine rings is 1. The number of Topliss-reactive ketones (excluding diaryl/α,β-unsaturated/α-hetero) is 1. The van der Waals surface area contributed by atoms with E-state index in [0.717, 1.165) is 63.8 Å². The topological polar surface area (TPSA) is 58.6 Å². The minimum absolute atomic E-state index is 0.109. The Morgan fingerprint density at radius 3 is 2.65 bits per heavy atom. The summed E-state index contributed by atoms with van der Waals surface area (Å²) < 4.78 is 7.64. The number of fused-ring (bicyclic) bond motifs is 1. The molecule has 0 spiro atoms. The maximum Gasteiger partial charge on any atom is 0.411 e. The highest BCUT2D eigenvalue weighted by molar-refractivity contribution is 14.1. The number of hydrogen-bond acceptors (Lipinski definition) is 5. The zero-order valence-corrected chi connectivity index (χ0v) is 20.2. The van der Waals surface area contributed by atoms with Gasteiger partial charge in [0.25, 0.3) is 0 Å². The van der Waals surface area contributed by atoms with Crippen LogP contribution >= 0.6 is 33.9 Å². The van der Waals surface area contributed by atoms with Crippen molar-refractivity contribution in [1.82, 2.24) is 4.90 Å². The Hall–Kier alpha value is -1.97. The van der Waals surface area contributed by atoms with E-state index < -0.39 is 6.09 Å². The number of amides is 1. The number of ketones is 1. The first-order valence-corrected chi connectivity index (χ1v) is 12.5. The number of carbonyl (C=O) groups excluding carboxylic acids is 2. The molecular weight excluding hydrogens is 523 g/mol. The monoisotopic (exact) mass is 548 g/mol. The van der Waals surface area contributed by atoms with Gasteiger partial charge in [-0.2, -0.15) is 0 Å². The van der Waals surface area contributed by atoms with Gasteiger partial charge in [-0.15, -0.1) is 11.3 Å². The zero-order valence-electron chi connectivity index (χ0n) is 17.2. The number of nitrogens with zero attached hydrogens (tertiary/aromatic N) is 1. The van der Waals surface area contributed by atoms with Crippen LogP contribution < -0.4 is 5.32 Å². The number of likely N-dealkylation sites (tertiary alicyclic amines) is 1. The van der Waals surface area contributed by atoms with E-state index in [9.17, 15) is 9.59 Å². The number of rotatable bonds is 7. The van der Waals surface area contributed by atoms with Gasteiger partial charge in [-0.25, -0.2) is 4.79 Å². The van der Waals surface area contributed by atoms with Crippen LogP contribution in [0.3, 0.4) is 0 Å². The fraction of sp³-hybridized carbons (Fsp3) is 0.333. The van der Waals surface area contributed by atoms with Crippen molar-refractivity contribution in [3.05, 3.63) is 63.0 Å². The van der Waals surface area contributed by atoms with Crippen LogP contribution in [0.15, 0.2) is 53.9 Å². The molecule has 2 aromatic carbocycles. The van der Waals surface area contributed by atoms with E-state index in [2.05, 4.69) is 32.8 Å². The van der Waals surface area contributed by atoms with Crippen LogP contribution in [-0.2, 0) is 4.74 Å². The lowest BCUT2D eigenvalue weighted by Crippen LogP contribution is -2.37. The number of halogens is 1. The normalized spacial score (nSPS) is 15.1. The molecule has 0 radical (unpaired) electrons. The summed E-state index contributed by atoms with van der Waals surface area (Å²) >= 11 is 3.90. The molecule has 1 N–H and O–H groups in total. The van der Waals surface area contributed by atoms with Crippen LogP contribution in [0.1, 0.15) is 29.6 Å². The molecular formula is C24H25IN2O3S. The molecule has 0 atom stereocenters. The summed E-state index contributed by atoms with van der Waals surface area (Å²) in [5.41, 5.74) is 1.60. The van der Waals surface area contributed by atoms with Gasteiger partial charge in [0.05, 0.1) is 12.3 Å². The molecule has 3 aromatic rings. The first kappa shape index (κ1) is 22.2. The molecule has 2 heterocycles. The fourth-order valence-corrected chi connectivity index (χ4v) is 5.14. The van der Waals surface area contributed by atoms with Crippen molar-refractivity contribution in [3.8, 4) is 0 Å². The Morgan fingerprint density at radius 1 is 1.10 bits per heavy atom. The minimum atomic E-state index is -0.416. The molecule has 0 saturated carbocycles. The molecule has 31 heavy (non-hydrogen) atoms. The van der Waals surface area contributed by atoms with Crippen molar-refractivity contribution in [2.24, 2.45) is 5.92 Å². The Labute approximate surface area is 199 Å². The third-order valence-electron chi connectivity index (χ3n) is 5.67. The van der Waals surface area contributed by atoms with Crippen molar-refractivity contribution in [1.29, 1.82) is 0 Å². The number of carbonyl (C=O) groups is 2. The maximum atomic E-state index is 12.7. The third-order valence-corrected chi connectivity index (χ3v) is 7.27. The van der Waals surface area contributed by atoms with Gasteiger partial charge in [0.15, 0.2) is 5.78 Å². The van der Waals surface area contributed by atoms with Gasteiger partial charge >= 0.3 is 6.09 Å². The summed E-state index contributed by atoms with van der Waals surface area (Å²) in [4.78, 5) is 27.2. The lowest BCUT2D eigenvalue weighted by atomic mass is 9.89. The van der Waals surface area contributed by atoms with Crippen molar-refractivity contribution in [3.63, 3.8) is 0 Å². The van der Waals surface area contributed by atoms with Crippen molar-refractivity contribution >= 4 is 61.6 Å². The lowest BCUT2D eigenvalue weighted by Gasteiger charge is -2.31. The van der Waals surface area contributed by atoms with Gasteiger partial charge in [0.2, 0.25) is 0 Å². The van der Waals surface area contributed by atoms with Crippen molar-refractivity contribution < 1.29 is 14.3 Å². The van der Waals surface area contributed by atoms with Crippen LogP contribution in [0.2, 0.25) is 0 Å². The molecule has 1 aromatic heterocycles. The standard InChI is InChI=1S/C24H25IN2O3S/c25-19-7-5-17(6-8-19)23(28)18-9-13-27(14-10-18)12-2-15-30-24(29)26-21-3-1-4-22-20(21)11-16-31-22/h1,3-8,11,16,18H,2,9-10,12-15H2,(H,26,29). The summed E-state index contributed by atoms with van der Waals surface area (Å²) in [6, 6.07) is 15.7. The first-order valence-electron chi connectivity index (χ1n) is 10.5. The number of thiophene rings is 1. The van der Waals surface area contributed by atoms with Gasteiger partial charge in [-0.3, -0.25) is 10.1 Å². The summed E-state index contributed by atoms with van der Waals surface area (Å²) in [7, 11) is 0. The van der Waals surface area contributed by atoms with E-state index in [4.69, 9.17) is 4.74 Å². The lowest BCUT2D eigenvalue weighted by molar-refractivity contribution is 0.0830. The molecule has 1 saturated heterocycles. The van der Waals surface area contributed by atoms with E-state index in [-0.39, 0.29) is 11.7 Å². The maximum absolute atomic E-state index is 12.7. The second-order valence-corrected chi connectivity index (χ2v) is 9.93. The summed E-state index contributed by atoms with van der Waals surface area (Å²) in [5.74, 6) is 0.370. The number of benzene rings is 2. The van der Waals surface area contributed by atoms with E-state index in [1.54, 1.807) is 11.3 Å². The quantitative estimate of drug-likeness (QED) is 0.222. The summed E-state index contributed by atoms with van der Waals surface area (Å²) in [6.07, 6.45) is 2.14. The molecule has 4 rings (SSSR count). The number of hydrogen-bond donors (Lipinski definition) is 1. The number of ether oxygens (including phenoxy) is 1. The molecule has 1 amide bonds. The molecule has 162 valence electrons. The highest BCUT2D eigenvalue weighted by Crippen LogP contribution is 2.28. The van der Waals surface area contributed by atoms with Crippen LogP contribution in [0.5, 0.6) is 0 Å². The number of anilines is 1. The zero-order chi connectivity index (χ0) is 21.6. The highest BCUT2D eigenvalue weighted by atomic mass is 127. The van der Waals surface area contributed by atoms with E-state index in [0.29, 0.717) is 6.61 Å². The van der Waals surface area contributed by atoms with Gasteiger partial charge < -0.3 is 9.64 Å². The second kappa shape index (κ2) is 10.6. The van der Waals surface area contributed by atoms with Crippen molar-refractivity contribution in [2.75, 3.05) is 31.6 Å². The minimum Gasteiger partial charge on any atom is -0.449 e. The van der Waals surface area contributed by atoms with Crippen LogP contribution in [-0.4, -0.2) is 43.0 Å². The van der Waals surface area contributed by atoms with Crippen molar-refractivity contribution in [2.45, 2.75) is 19.3 Å². The van der Waals surface area contributed by atoms with Gasteiger partial charge in [-0.05, 0) is 90.7 Å². The van der Waals surface area contributed by atoms with E-state index in [1.165, 1.54) is 0 Å². The Kier molecular flexibility index (Phi) is 7.58. The van der Waals surface area contributed by atoms with Crippen LogP contribution in [0, 0.1) is 9.49 Å². The fourth-order valence-electron chi connectivity index (χ4n) is 3.97. The predicted octanol–water partition coefficient (Wildman–Crippen LogP) is 6.04. The molecule has 1 aliphatic rings. The second-order valence-electron chi connectivity index (χ2n) is 7.74. The average molecular weight is 548 g/mol. The van der Waals surface area contributed by atoms with E-state index in [1.807, 2.05) is 53.9 Å². The average Bonchev–Trinajstić information content (AvgIpc) is 3.27. The molecule has 0 unspecified atom stereocenters. The van der Waals surface area contributed by atoms with Gasteiger partial charge in [0, 0.05) is 31.7 Å². The van der Waals surface area contributed by atoms with Crippen LogP contribution in [0.25, 0.3) is 10.1 Å². The predicted molar refractivity (Wildman–Crippen MR) is 134 cm³/mol. The SMILES string of the molecule is O=C(Nc1cccc2sccc12)OCCCN1CCC(C(=O)c2ccc(I)cc2)CC1. The number of nitrogens with one attached hydrogen (secondary N) is 1. The largest absolute Gasteiger partial charge is 0.449 e. The Morgan fingerprint density at radius 2 is 1.87 bits per heavy atom. The van der Waals surface area contributed by atoms with Gasteiger partial charge in [-0.1, -0.05) is 18.2 Å². The Bertz CT molecular complexity index is 1040. The van der Waals surface area contributed by atoms with Crippen LogP contribution in [0.4, 0.5) is 10.5 Å². The molecule has 0 aliphatic carbocycles. The molecule has 1 fully saturated rings. The molecule has 5 nitrogen and oxygen atoms in total. The highest BCUT2D eigenvalue weighted by Gasteiger charge is 2.25. The Balaban J connectivity index is 1.15. The van der Waals surface area contributed by atoms with Gasteiger partial charge in [0.1, 0.15) is 0 Å². The summed E-state index contributed by atoms with van der Waals surface area (Å²) in [5, 5.41) is 5.89. The molecule has 0 bridgehead atoms. The first-order chi connectivity index (χ1) is 15.1. The smallest absolute Gasteiger partial charge is 0.411 e. The summed E-state index contributed by atoms with van der Waals surface area (Å²) in [6.45, 7) is 3.07. The molecule has 7 heteroatoms. The molecule has 1 aliphatic heterocycles.